The van der Waals surface area contributed by atoms with E-state index in [0.29, 0.717) is 11.3 Å². The molecule has 0 atom stereocenters. The Kier molecular flexibility index (Phi) is 6.16. The van der Waals surface area contributed by atoms with Crippen LogP contribution in [-0.2, 0) is 24.8 Å². The highest BCUT2D eigenvalue weighted by Crippen LogP contribution is 2.22. The van der Waals surface area contributed by atoms with E-state index >= 15 is 0 Å². The van der Waals surface area contributed by atoms with E-state index in [0.717, 1.165) is 12.1 Å². The molecule has 27 heavy (non-hydrogen) atoms. The fourth-order valence-electron chi connectivity index (χ4n) is 1.77. The summed E-state index contributed by atoms with van der Waals surface area (Å²) in [5, 5.41) is 24.6. The molecular formula is C11H12N6O7S3. The minimum absolute atomic E-state index is 0.134. The van der Waals surface area contributed by atoms with Gasteiger partial charge in [0.25, 0.3) is 15.7 Å². The zero-order chi connectivity index (χ0) is 20.2. The number of nitrogens with two attached hydrogens (primary N) is 1. The van der Waals surface area contributed by atoms with Gasteiger partial charge in [0, 0.05) is 19.0 Å². The van der Waals surface area contributed by atoms with Crippen molar-refractivity contribution in [3.05, 3.63) is 34.4 Å². The molecule has 0 bridgehead atoms. The molecule has 0 aliphatic heterocycles. The van der Waals surface area contributed by atoms with Crippen molar-refractivity contribution in [3.8, 4) is 0 Å². The van der Waals surface area contributed by atoms with Gasteiger partial charge in [0.1, 0.15) is 0 Å². The van der Waals surface area contributed by atoms with Gasteiger partial charge in [0.05, 0.1) is 4.92 Å². The SMILES string of the molecule is NS(=O)(=O)c1nnc(NC(=O)CCNS(=O)(=O)c2ccccc2[N+](=O)[O-])s1. The number of carbonyl (C=O) groups excluding carboxylic acids is 1. The van der Waals surface area contributed by atoms with Gasteiger partial charge in [-0.05, 0) is 6.07 Å². The lowest BCUT2D eigenvalue weighted by molar-refractivity contribution is -0.387. The molecule has 0 spiro atoms. The van der Waals surface area contributed by atoms with Crippen LogP contribution in [0.3, 0.4) is 0 Å². The number of rotatable bonds is 8. The number of benzene rings is 1. The molecule has 146 valence electrons. The number of hydrogen-bond donors (Lipinski definition) is 3. The monoisotopic (exact) mass is 436 g/mol. The standard InChI is InChI=1S/C11H12N6O7S3/c12-26(21,22)11-16-15-10(25-11)14-9(18)5-6-13-27(23,24)8-4-2-1-3-7(8)17(19)20/h1-4,13H,5-6H2,(H2,12,21,22)(H,14,15,18). The number of amides is 1. The number of nitro benzene ring substituents is 1. The predicted molar refractivity (Wildman–Crippen MR) is 92.8 cm³/mol. The zero-order valence-corrected chi connectivity index (χ0v) is 15.7. The normalized spacial score (nSPS) is 11.9. The number of anilines is 1. The number of nitro groups is 1. The highest BCUT2D eigenvalue weighted by atomic mass is 32.2. The van der Waals surface area contributed by atoms with E-state index in [2.05, 4.69) is 20.2 Å². The van der Waals surface area contributed by atoms with Crippen molar-refractivity contribution in [1.82, 2.24) is 14.9 Å². The van der Waals surface area contributed by atoms with E-state index < -0.39 is 45.8 Å². The third-order valence-corrected chi connectivity index (χ3v) is 6.55. The third-order valence-electron chi connectivity index (χ3n) is 2.89. The van der Waals surface area contributed by atoms with Gasteiger partial charge in [0.15, 0.2) is 4.90 Å². The van der Waals surface area contributed by atoms with Crippen molar-refractivity contribution >= 4 is 48.1 Å². The molecule has 1 aromatic carbocycles. The van der Waals surface area contributed by atoms with Crippen molar-refractivity contribution in [2.75, 3.05) is 11.9 Å². The zero-order valence-electron chi connectivity index (χ0n) is 13.2. The summed E-state index contributed by atoms with van der Waals surface area (Å²) < 4.78 is 48.1. The second-order valence-electron chi connectivity index (χ2n) is 4.84. The second-order valence-corrected chi connectivity index (χ2v) is 9.29. The Labute approximate surface area is 156 Å². The molecule has 4 N–H and O–H groups in total. The van der Waals surface area contributed by atoms with Gasteiger partial charge >= 0.3 is 0 Å². The molecule has 1 aromatic heterocycles. The minimum Gasteiger partial charge on any atom is -0.300 e. The van der Waals surface area contributed by atoms with Crippen LogP contribution in [0.2, 0.25) is 0 Å². The molecule has 0 aliphatic rings. The predicted octanol–water partition coefficient (Wildman–Crippen LogP) is -0.599. The van der Waals surface area contributed by atoms with Gasteiger partial charge in [-0.1, -0.05) is 23.5 Å². The molecule has 0 saturated heterocycles. The molecule has 13 nitrogen and oxygen atoms in total. The Morgan fingerprint density at radius 3 is 2.48 bits per heavy atom. The molecule has 0 saturated carbocycles. The molecule has 16 heteroatoms. The van der Waals surface area contributed by atoms with Crippen LogP contribution in [0.25, 0.3) is 0 Å². The van der Waals surface area contributed by atoms with E-state index in [-0.39, 0.29) is 18.1 Å². The van der Waals surface area contributed by atoms with Crippen LogP contribution >= 0.6 is 11.3 Å². The Bertz CT molecular complexity index is 1080. The largest absolute Gasteiger partial charge is 0.300 e. The molecule has 0 fully saturated rings. The average molecular weight is 436 g/mol. The van der Waals surface area contributed by atoms with E-state index in [1.165, 1.54) is 12.1 Å². The van der Waals surface area contributed by atoms with Crippen LogP contribution in [0.4, 0.5) is 10.8 Å². The highest BCUT2D eigenvalue weighted by Gasteiger charge is 2.25. The molecule has 1 amide bonds. The van der Waals surface area contributed by atoms with E-state index in [4.69, 9.17) is 5.14 Å². The highest BCUT2D eigenvalue weighted by molar-refractivity contribution is 7.91. The number of nitrogens with one attached hydrogen (secondary N) is 2. The maximum absolute atomic E-state index is 12.2. The third kappa shape index (κ3) is 5.47. The summed E-state index contributed by atoms with van der Waals surface area (Å²) in [6, 6.07) is 4.76. The molecule has 1 heterocycles. The first-order valence-corrected chi connectivity index (χ1v) is 10.7. The first kappa shape index (κ1) is 20.8. The smallest absolute Gasteiger partial charge is 0.289 e. The van der Waals surface area contributed by atoms with Crippen LogP contribution in [0.15, 0.2) is 33.5 Å². The van der Waals surface area contributed by atoms with Crippen molar-refractivity contribution in [2.45, 2.75) is 15.7 Å². The Balaban J connectivity index is 1.96. The van der Waals surface area contributed by atoms with E-state index in [9.17, 15) is 31.7 Å². The van der Waals surface area contributed by atoms with E-state index in [1.54, 1.807) is 0 Å². The van der Waals surface area contributed by atoms with Crippen LogP contribution in [-0.4, -0.2) is 44.4 Å². The summed E-state index contributed by atoms with van der Waals surface area (Å²) in [5.74, 6) is -0.683. The summed E-state index contributed by atoms with van der Waals surface area (Å²) >= 11 is 0.528. The summed E-state index contributed by atoms with van der Waals surface area (Å²) in [6.07, 6.45) is -0.343. The molecule has 0 radical (unpaired) electrons. The average Bonchev–Trinajstić information content (AvgIpc) is 3.03. The fourth-order valence-corrected chi connectivity index (χ4v) is 4.32. The Morgan fingerprint density at radius 2 is 1.89 bits per heavy atom. The van der Waals surface area contributed by atoms with Gasteiger partial charge in [-0.15, -0.1) is 10.2 Å². The fraction of sp³-hybridized carbons (Fsp3) is 0.182. The maximum atomic E-state index is 12.2. The van der Waals surface area contributed by atoms with Crippen LogP contribution in [0.1, 0.15) is 6.42 Å². The number of primary sulfonamides is 1. The minimum atomic E-state index is -4.21. The molecule has 2 rings (SSSR count). The molecule has 0 aliphatic carbocycles. The number of carbonyl (C=O) groups is 1. The van der Waals surface area contributed by atoms with Crippen molar-refractivity contribution < 1.29 is 26.6 Å². The Hall–Kier alpha value is -2.53. The first-order chi connectivity index (χ1) is 12.5. The lowest BCUT2D eigenvalue weighted by Crippen LogP contribution is -2.28. The topological polar surface area (TPSA) is 204 Å². The lowest BCUT2D eigenvalue weighted by atomic mass is 10.3. The molecule has 0 unspecified atom stereocenters. The second kappa shape index (κ2) is 8.01. The number of aromatic nitrogens is 2. The van der Waals surface area contributed by atoms with Crippen molar-refractivity contribution in [3.63, 3.8) is 0 Å². The number of para-hydroxylation sites is 1. The van der Waals surface area contributed by atoms with Crippen LogP contribution in [0.5, 0.6) is 0 Å². The Morgan fingerprint density at radius 1 is 1.22 bits per heavy atom. The summed E-state index contributed by atoms with van der Waals surface area (Å²) in [7, 11) is -8.26. The number of sulfonamides is 2. The summed E-state index contributed by atoms with van der Waals surface area (Å²) in [5.41, 5.74) is -0.598. The maximum Gasteiger partial charge on any atom is 0.289 e. The number of nitrogens with zero attached hydrogens (tertiary/aromatic N) is 3. The first-order valence-electron chi connectivity index (χ1n) is 6.90. The van der Waals surface area contributed by atoms with Gasteiger partial charge in [0.2, 0.25) is 25.4 Å². The van der Waals surface area contributed by atoms with Gasteiger partial charge in [-0.2, -0.15) is 0 Å². The van der Waals surface area contributed by atoms with Crippen molar-refractivity contribution in [2.24, 2.45) is 5.14 Å². The van der Waals surface area contributed by atoms with E-state index in [1.807, 2.05) is 0 Å². The molecular weight excluding hydrogens is 424 g/mol. The summed E-state index contributed by atoms with van der Waals surface area (Å²) in [4.78, 5) is 21.3. The van der Waals surface area contributed by atoms with Crippen molar-refractivity contribution in [1.29, 1.82) is 0 Å². The number of hydrogen-bond acceptors (Lipinski definition) is 10. The summed E-state index contributed by atoms with van der Waals surface area (Å²) in [6.45, 7) is -0.360. The van der Waals surface area contributed by atoms with Gasteiger partial charge in [-0.3, -0.25) is 14.9 Å². The van der Waals surface area contributed by atoms with Crippen LogP contribution in [0, 0.1) is 10.1 Å². The lowest BCUT2D eigenvalue weighted by Gasteiger charge is -2.07. The molecule has 2 aromatic rings. The van der Waals surface area contributed by atoms with Crippen LogP contribution < -0.4 is 15.2 Å². The van der Waals surface area contributed by atoms with Gasteiger partial charge < -0.3 is 5.32 Å². The quantitative estimate of drug-likeness (QED) is 0.274. The van der Waals surface area contributed by atoms with Gasteiger partial charge in [-0.25, -0.2) is 26.7 Å².